The molecule has 15 heavy (non-hydrogen) atoms. The van der Waals surface area contributed by atoms with Gasteiger partial charge in [0, 0.05) is 17.6 Å². The lowest BCUT2D eigenvalue weighted by Crippen LogP contribution is -2.00. The highest BCUT2D eigenvalue weighted by Gasteiger charge is 2.11. The standard InChI is InChI=1S/C11H14N2O2/c1-7(2)13-6-8-4-5-9(14)11(15-3)10(8)12-13/h4-7,14H,1-3H3. The fraction of sp³-hybridized carbons (Fsp3) is 0.364. The summed E-state index contributed by atoms with van der Waals surface area (Å²) >= 11 is 0. The van der Waals surface area contributed by atoms with E-state index in [4.69, 9.17) is 4.74 Å². The molecule has 0 aliphatic rings. The van der Waals surface area contributed by atoms with E-state index in [1.165, 1.54) is 7.11 Å². The number of phenols is 1. The quantitative estimate of drug-likeness (QED) is 0.820. The molecule has 0 radical (unpaired) electrons. The number of hydrogen-bond donors (Lipinski definition) is 1. The summed E-state index contributed by atoms with van der Waals surface area (Å²) in [6.07, 6.45) is 1.95. The monoisotopic (exact) mass is 206 g/mol. The maximum atomic E-state index is 9.58. The molecule has 1 heterocycles. The van der Waals surface area contributed by atoms with Gasteiger partial charge in [0.05, 0.1) is 7.11 Å². The molecular weight excluding hydrogens is 192 g/mol. The van der Waals surface area contributed by atoms with Gasteiger partial charge in [0.25, 0.3) is 0 Å². The third-order valence-corrected chi connectivity index (χ3v) is 2.36. The van der Waals surface area contributed by atoms with Crippen LogP contribution in [0.5, 0.6) is 11.5 Å². The summed E-state index contributed by atoms with van der Waals surface area (Å²) in [5.74, 6) is 0.561. The van der Waals surface area contributed by atoms with E-state index in [2.05, 4.69) is 18.9 Å². The molecule has 2 rings (SSSR count). The predicted octanol–water partition coefficient (Wildman–Crippen LogP) is 2.33. The molecule has 0 saturated carbocycles. The van der Waals surface area contributed by atoms with Crippen molar-refractivity contribution in [3.63, 3.8) is 0 Å². The highest BCUT2D eigenvalue weighted by molar-refractivity contribution is 5.86. The zero-order chi connectivity index (χ0) is 11.0. The van der Waals surface area contributed by atoms with Gasteiger partial charge in [-0.25, -0.2) is 0 Å². The molecule has 0 bridgehead atoms. The number of phenolic OH excluding ortho intramolecular Hbond substituents is 1. The Morgan fingerprint density at radius 1 is 1.40 bits per heavy atom. The largest absolute Gasteiger partial charge is 0.504 e. The number of hydrogen-bond acceptors (Lipinski definition) is 3. The van der Waals surface area contributed by atoms with Crippen LogP contribution in [0.3, 0.4) is 0 Å². The minimum Gasteiger partial charge on any atom is -0.504 e. The summed E-state index contributed by atoms with van der Waals surface area (Å²) in [5.41, 5.74) is 0.700. The first-order valence-corrected chi connectivity index (χ1v) is 4.88. The zero-order valence-corrected chi connectivity index (χ0v) is 9.06. The number of nitrogens with zero attached hydrogens (tertiary/aromatic N) is 2. The number of aromatic nitrogens is 2. The molecule has 4 nitrogen and oxygen atoms in total. The highest BCUT2D eigenvalue weighted by Crippen LogP contribution is 2.33. The van der Waals surface area contributed by atoms with E-state index in [0.29, 0.717) is 17.3 Å². The van der Waals surface area contributed by atoms with Crippen molar-refractivity contribution in [2.24, 2.45) is 0 Å². The average molecular weight is 206 g/mol. The van der Waals surface area contributed by atoms with E-state index < -0.39 is 0 Å². The number of methoxy groups -OCH3 is 1. The molecule has 0 aliphatic heterocycles. The lowest BCUT2D eigenvalue weighted by Gasteiger charge is -2.03. The van der Waals surface area contributed by atoms with Gasteiger partial charge in [0.1, 0.15) is 5.52 Å². The van der Waals surface area contributed by atoms with E-state index >= 15 is 0 Å². The first kappa shape index (κ1) is 9.83. The Bertz CT molecular complexity index is 489. The molecule has 1 aromatic carbocycles. The number of benzene rings is 1. The Kier molecular flexibility index (Phi) is 2.26. The molecule has 1 aromatic heterocycles. The van der Waals surface area contributed by atoms with Gasteiger partial charge in [-0.2, -0.15) is 5.10 Å². The first-order chi connectivity index (χ1) is 7.13. The third kappa shape index (κ3) is 1.52. The van der Waals surface area contributed by atoms with Crippen LogP contribution in [0, 0.1) is 0 Å². The van der Waals surface area contributed by atoms with Crippen molar-refractivity contribution in [3.8, 4) is 11.5 Å². The van der Waals surface area contributed by atoms with E-state index in [0.717, 1.165) is 5.39 Å². The maximum absolute atomic E-state index is 9.58. The second kappa shape index (κ2) is 3.46. The van der Waals surface area contributed by atoms with Crippen LogP contribution in [0.15, 0.2) is 18.3 Å². The van der Waals surface area contributed by atoms with Crippen molar-refractivity contribution < 1.29 is 9.84 Å². The minimum atomic E-state index is 0.124. The smallest absolute Gasteiger partial charge is 0.188 e. The van der Waals surface area contributed by atoms with Crippen molar-refractivity contribution in [3.05, 3.63) is 18.3 Å². The van der Waals surface area contributed by atoms with E-state index in [1.54, 1.807) is 6.07 Å². The second-order valence-corrected chi connectivity index (χ2v) is 3.76. The van der Waals surface area contributed by atoms with Crippen LogP contribution in [0.4, 0.5) is 0 Å². The van der Waals surface area contributed by atoms with Crippen LogP contribution in [0.2, 0.25) is 0 Å². The molecular formula is C11H14N2O2. The van der Waals surface area contributed by atoms with E-state index in [9.17, 15) is 5.11 Å². The Hall–Kier alpha value is -1.71. The molecule has 1 N–H and O–H groups in total. The summed E-state index contributed by atoms with van der Waals surface area (Å²) in [6.45, 7) is 4.11. The van der Waals surface area contributed by atoms with Crippen LogP contribution < -0.4 is 4.74 Å². The molecule has 0 amide bonds. The molecule has 0 aliphatic carbocycles. The van der Waals surface area contributed by atoms with Crippen LogP contribution in [-0.4, -0.2) is 22.0 Å². The molecule has 0 atom stereocenters. The number of rotatable bonds is 2. The van der Waals surface area contributed by atoms with Crippen molar-refractivity contribution in [1.82, 2.24) is 9.78 Å². The summed E-state index contributed by atoms with van der Waals surface area (Å²) in [5, 5.41) is 14.9. The van der Waals surface area contributed by atoms with Gasteiger partial charge in [-0.3, -0.25) is 4.68 Å². The van der Waals surface area contributed by atoms with Crippen LogP contribution in [0.25, 0.3) is 10.9 Å². The molecule has 0 unspecified atom stereocenters. The summed E-state index contributed by atoms with van der Waals surface area (Å²) in [7, 11) is 1.53. The lowest BCUT2D eigenvalue weighted by molar-refractivity contribution is 0.376. The third-order valence-electron chi connectivity index (χ3n) is 2.36. The zero-order valence-electron chi connectivity index (χ0n) is 9.06. The topological polar surface area (TPSA) is 47.3 Å². The molecule has 0 spiro atoms. The van der Waals surface area contributed by atoms with Crippen LogP contribution in [-0.2, 0) is 0 Å². The normalized spacial score (nSPS) is 11.2. The maximum Gasteiger partial charge on any atom is 0.188 e. The van der Waals surface area contributed by atoms with Crippen molar-refractivity contribution in [2.45, 2.75) is 19.9 Å². The van der Waals surface area contributed by atoms with E-state index in [1.807, 2.05) is 16.9 Å². The number of aromatic hydroxyl groups is 1. The van der Waals surface area contributed by atoms with Gasteiger partial charge in [-0.05, 0) is 26.0 Å². The summed E-state index contributed by atoms with van der Waals surface area (Å²) < 4.78 is 6.98. The summed E-state index contributed by atoms with van der Waals surface area (Å²) in [6, 6.07) is 3.75. The first-order valence-electron chi connectivity index (χ1n) is 4.88. The van der Waals surface area contributed by atoms with Crippen LogP contribution >= 0.6 is 0 Å². The van der Waals surface area contributed by atoms with Crippen molar-refractivity contribution >= 4 is 10.9 Å². The fourth-order valence-electron chi connectivity index (χ4n) is 1.54. The molecule has 2 aromatic rings. The number of fused-ring (bicyclic) bond motifs is 1. The van der Waals surface area contributed by atoms with Crippen LogP contribution in [0.1, 0.15) is 19.9 Å². The van der Waals surface area contributed by atoms with Gasteiger partial charge in [-0.1, -0.05) is 0 Å². The Morgan fingerprint density at radius 2 is 2.13 bits per heavy atom. The second-order valence-electron chi connectivity index (χ2n) is 3.76. The van der Waals surface area contributed by atoms with Crippen molar-refractivity contribution in [1.29, 1.82) is 0 Å². The highest BCUT2D eigenvalue weighted by atomic mass is 16.5. The van der Waals surface area contributed by atoms with Gasteiger partial charge < -0.3 is 9.84 Å². The Morgan fingerprint density at radius 3 is 2.73 bits per heavy atom. The SMILES string of the molecule is COc1c(O)ccc2cn(C(C)C)nc12. The molecule has 0 saturated heterocycles. The summed E-state index contributed by atoms with van der Waals surface area (Å²) in [4.78, 5) is 0. The molecule has 80 valence electrons. The fourth-order valence-corrected chi connectivity index (χ4v) is 1.54. The van der Waals surface area contributed by atoms with Crippen molar-refractivity contribution in [2.75, 3.05) is 7.11 Å². The minimum absolute atomic E-state index is 0.124. The lowest BCUT2D eigenvalue weighted by atomic mass is 10.2. The number of ether oxygens (including phenoxy) is 1. The van der Waals surface area contributed by atoms with E-state index in [-0.39, 0.29) is 5.75 Å². The van der Waals surface area contributed by atoms with Gasteiger partial charge in [0.15, 0.2) is 11.5 Å². The van der Waals surface area contributed by atoms with Gasteiger partial charge >= 0.3 is 0 Å². The van der Waals surface area contributed by atoms with Gasteiger partial charge in [0.2, 0.25) is 0 Å². The van der Waals surface area contributed by atoms with Gasteiger partial charge in [-0.15, -0.1) is 0 Å². The average Bonchev–Trinajstić information content (AvgIpc) is 2.61. The Labute approximate surface area is 88.1 Å². The molecule has 4 heteroatoms. The predicted molar refractivity (Wildman–Crippen MR) is 58.3 cm³/mol. The molecule has 0 fully saturated rings. The Balaban J connectivity index is 2.70.